The van der Waals surface area contributed by atoms with Crippen molar-refractivity contribution in [3.05, 3.63) is 23.9 Å². The van der Waals surface area contributed by atoms with Gasteiger partial charge in [0.05, 0.1) is 0 Å². The molecule has 0 atom stereocenters. The minimum absolute atomic E-state index is 0.0207. The summed E-state index contributed by atoms with van der Waals surface area (Å²) in [6.45, 7) is 0.903. The summed E-state index contributed by atoms with van der Waals surface area (Å²) in [4.78, 5) is 3.93. The first-order chi connectivity index (χ1) is 8.54. The number of aromatic nitrogens is 1. The van der Waals surface area contributed by atoms with Crippen molar-refractivity contribution < 1.29 is 12.6 Å². The Hall–Kier alpha value is -0.830. The summed E-state index contributed by atoms with van der Waals surface area (Å²) < 4.78 is 37.0. The predicted molar refractivity (Wildman–Crippen MR) is 68.8 cm³/mol. The molecule has 0 unspecified atom stereocenters. The van der Waals surface area contributed by atoms with Crippen LogP contribution >= 0.6 is 0 Å². The van der Waals surface area contributed by atoms with Gasteiger partial charge in [-0.15, -0.1) is 0 Å². The van der Waals surface area contributed by atoms with E-state index in [1.807, 2.05) is 0 Å². The summed E-state index contributed by atoms with van der Waals surface area (Å²) in [6.07, 6.45) is 1.47. The number of nitrogens with two attached hydrogens (primary N) is 1. The number of sulfonamides is 1. The summed E-state index contributed by atoms with van der Waals surface area (Å²) in [5.74, 6) is 0.778. The summed E-state index contributed by atoms with van der Waals surface area (Å²) in [5.41, 5.74) is 6.22. The maximum Gasteiger partial charge on any atom is 0.260 e. The normalized spacial score (nSPS) is 18.9. The minimum Gasteiger partial charge on any atom is -0.326 e. The lowest BCUT2D eigenvalue weighted by atomic mass is 10.3. The third-order valence-electron chi connectivity index (χ3n) is 2.77. The van der Waals surface area contributed by atoms with E-state index in [0.29, 0.717) is 18.1 Å². The second-order valence-corrected chi connectivity index (χ2v) is 7.54. The molecule has 1 fully saturated rings. The maximum atomic E-state index is 12.2. The lowest BCUT2D eigenvalue weighted by Gasteiger charge is -2.25. The Bertz CT molecular complexity index is 532. The Morgan fingerprint density at radius 3 is 2.50 bits per heavy atom. The van der Waals surface area contributed by atoms with Crippen LogP contribution in [0, 0.1) is 0 Å². The highest BCUT2D eigenvalue weighted by Crippen LogP contribution is 2.15. The monoisotopic (exact) mass is 289 g/mol. The molecule has 1 aromatic rings. The lowest BCUT2D eigenvalue weighted by Crippen LogP contribution is -2.41. The maximum absolute atomic E-state index is 12.2. The zero-order valence-corrected chi connectivity index (χ0v) is 11.4. The molecule has 8 heteroatoms. The van der Waals surface area contributed by atoms with Crippen molar-refractivity contribution in [2.45, 2.75) is 11.6 Å². The molecule has 2 rings (SSSR count). The average Bonchev–Trinajstić information content (AvgIpc) is 2.39. The number of hydrogen-bond acceptors (Lipinski definition) is 5. The molecule has 0 radical (unpaired) electrons. The second-order valence-electron chi connectivity index (χ2n) is 3.96. The topological polar surface area (TPSA) is 93.4 Å². The third kappa shape index (κ3) is 2.77. The molecule has 0 bridgehead atoms. The molecule has 6 nitrogen and oxygen atoms in total. The molecule has 0 amide bonds. The van der Waals surface area contributed by atoms with Gasteiger partial charge in [0.1, 0.15) is 0 Å². The number of rotatable bonds is 3. The van der Waals surface area contributed by atoms with Crippen LogP contribution in [-0.4, -0.2) is 46.5 Å². The first kappa shape index (κ1) is 13.6. The van der Waals surface area contributed by atoms with Gasteiger partial charge in [-0.05, 0) is 11.6 Å². The van der Waals surface area contributed by atoms with Gasteiger partial charge in [-0.3, -0.25) is 4.21 Å². The van der Waals surface area contributed by atoms with E-state index in [-0.39, 0.29) is 18.1 Å². The number of pyridine rings is 1. The van der Waals surface area contributed by atoms with Crippen LogP contribution in [0.2, 0.25) is 0 Å². The molecule has 0 aromatic carbocycles. The van der Waals surface area contributed by atoms with Crippen LogP contribution in [0.4, 0.5) is 0 Å². The van der Waals surface area contributed by atoms with Crippen molar-refractivity contribution in [2.24, 2.45) is 5.73 Å². The predicted octanol–water partition coefficient (Wildman–Crippen LogP) is -0.707. The van der Waals surface area contributed by atoms with Gasteiger partial charge < -0.3 is 5.73 Å². The van der Waals surface area contributed by atoms with E-state index < -0.39 is 20.8 Å². The van der Waals surface area contributed by atoms with E-state index in [1.165, 1.54) is 16.6 Å². The molecule has 100 valence electrons. The Morgan fingerprint density at radius 2 is 2.00 bits per heavy atom. The molecule has 2 N–H and O–H groups in total. The first-order valence-corrected chi connectivity index (χ1v) is 8.47. The van der Waals surface area contributed by atoms with Gasteiger partial charge in [0.15, 0.2) is 5.03 Å². The summed E-state index contributed by atoms with van der Waals surface area (Å²) >= 11 is 0. The SMILES string of the molecule is NCc1ccc(S(=O)(=O)N2CCS(=O)CC2)nc1. The van der Waals surface area contributed by atoms with Crippen molar-refractivity contribution in [1.82, 2.24) is 9.29 Å². The third-order valence-corrected chi connectivity index (χ3v) is 5.87. The second kappa shape index (κ2) is 5.43. The van der Waals surface area contributed by atoms with Crippen LogP contribution in [0.3, 0.4) is 0 Å². The highest BCUT2D eigenvalue weighted by atomic mass is 32.2. The van der Waals surface area contributed by atoms with Crippen molar-refractivity contribution in [2.75, 3.05) is 24.6 Å². The molecule has 0 spiro atoms. The summed E-state index contributed by atoms with van der Waals surface area (Å²) in [7, 11) is -4.46. The smallest absolute Gasteiger partial charge is 0.260 e. The van der Waals surface area contributed by atoms with E-state index in [1.54, 1.807) is 6.07 Å². The van der Waals surface area contributed by atoms with Gasteiger partial charge >= 0.3 is 0 Å². The molecule has 1 aromatic heterocycles. The van der Waals surface area contributed by atoms with Gasteiger partial charge in [-0.1, -0.05) is 6.07 Å². The van der Waals surface area contributed by atoms with Crippen molar-refractivity contribution in [3.63, 3.8) is 0 Å². The van der Waals surface area contributed by atoms with E-state index in [0.717, 1.165) is 5.56 Å². The molecule has 1 aliphatic rings. The highest BCUT2D eigenvalue weighted by Gasteiger charge is 2.28. The Kier molecular flexibility index (Phi) is 4.10. The van der Waals surface area contributed by atoms with E-state index >= 15 is 0 Å². The molecule has 18 heavy (non-hydrogen) atoms. The van der Waals surface area contributed by atoms with Crippen LogP contribution in [-0.2, 0) is 27.4 Å². The van der Waals surface area contributed by atoms with E-state index in [2.05, 4.69) is 4.98 Å². The fraction of sp³-hybridized carbons (Fsp3) is 0.500. The van der Waals surface area contributed by atoms with Crippen molar-refractivity contribution in [3.8, 4) is 0 Å². The summed E-state index contributed by atoms with van der Waals surface area (Å²) in [6, 6.07) is 3.12. The van der Waals surface area contributed by atoms with Crippen LogP contribution < -0.4 is 5.73 Å². The molecular weight excluding hydrogens is 274 g/mol. The fourth-order valence-electron chi connectivity index (χ4n) is 1.68. The first-order valence-electron chi connectivity index (χ1n) is 5.54. The Balaban J connectivity index is 2.21. The minimum atomic E-state index is -3.56. The van der Waals surface area contributed by atoms with Crippen molar-refractivity contribution >= 4 is 20.8 Å². The molecule has 0 saturated carbocycles. The number of nitrogens with zero attached hydrogens (tertiary/aromatic N) is 2. The standard InChI is InChI=1S/C10H15N3O3S2/c11-7-9-1-2-10(12-8-9)18(15,16)13-3-5-17(14)6-4-13/h1-2,8H,3-7,11H2. The van der Waals surface area contributed by atoms with E-state index in [9.17, 15) is 12.6 Å². The average molecular weight is 289 g/mol. The molecule has 1 aliphatic heterocycles. The summed E-state index contributed by atoms with van der Waals surface area (Å²) in [5, 5.41) is 0.0207. The van der Waals surface area contributed by atoms with Crippen LogP contribution in [0.1, 0.15) is 5.56 Å². The van der Waals surface area contributed by atoms with Gasteiger partial charge in [0.25, 0.3) is 10.0 Å². The Morgan fingerprint density at radius 1 is 1.33 bits per heavy atom. The highest BCUT2D eigenvalue weighted by molar-refractivity contribution is 7.89. The largest absolute Gasteiger partial charge is 0.326 e. The zero-order valence-electron chi connectivity index (χ0n) is 9.78. The van der Waals surface area contributed by atoms with Gasteiger partial charge in [-0.25, -0.2) is 13.4 Å². The number of hydrogen-bond donors (Lipinski definition) is 1. The zero-order chi connectivity index (χ0) is 13.2. The molecule has 0 aliphatic carbocycles. The lowest BCUT2D eigenvalue weighted by molar-refractivity contribution is 0.436. The van der Waals surface area contributed by atoms with Crippen LogP contribution in [0.25, 0.3) is 0 Å². The van der Waals surface area contributed by atoms with Crippen molar-refractivity contribution in [1.29, 1.82) is 0 Å². The van der Waals surface area contributed by atoms with Gasteiger partial charge in [0, 0.05) is 48.1 Å². The molecule has 1 saturated heterocycles. The van der Waals surface area contributed by atoms with Crippen LogP contribution in [0.5, 0.6) is 0 Å². The van der Waals surface area contributed by atoms with Gasteiger partial charge in [-0.2, -0.15) is 4.31 Å². The van der Waals surface area contributed by atoms with E-state index in [4.69, 9.17) is 5.73 Å². The van der Waals surface area contributed by atoms with Crippen LogP contribution in [0.15, 0.2) is 23.4 Å². The van der Waals surface area contributed by atoms with Gasteiger partial charge in [0.2, 0.25) is 0 Å². The fourth-order valence-corrected chi connectivity index (χ4v) is 4.32. The molecular formula is C10H15N3O3S2. The Labute approximate surface area is 109 Å². The quantitative estimate of drug-likeness (QED) is 0.793. The molecule has 2 heterocycles.